The number of nitro benzene ring substituents is 1. The molecule has 0 saturated carbocycles. The van der Waals surface area contributed by atoms with Gasteiger partial charge >= 0.3 is 5.97 Å². The molecule has 0 unspecified atom stereocenters. The van der Waals surface area contributed by atoms with Gasteiger partial charge in [0.1, 0.15) is 5.57 Å². The average Bonchev–Trinajstić information content (AvgIpc) is 2.25. The highest BCUT2D eigenvalue weighted by Gasteiger charge is 2.13. The summed E-state index contributed by atoms with van der Waals surface area (Å²) in [6, 6.07) is 5.39. The van der Waals surface area contributed by atoms with E-state index >= 15 is 0 Å². The van der Waals surface area contributed by atoms with Gasteiger partial charge in [0, 0.05) is 12.1 Å². The van der Waals surface area contributed by atoms with Gasteiger partial charge in [0.15, 0.2) is 5.78 Å². The molecule has 0 aliphatic carbocycles. The molecule has 0 aromatic heterocycles. The van der Waals surface area contributed by atoms with Crippen molar-refractivity contribution in [3.63, 3.8) is 0 Å². The fourth-order valence-electron chi connectivity index (χ4n) is 1.21. The molecule has 0 heterocycles. The van der Waals surface area contributed by atoms with Crippen LogP contribution in [0.4, 0.5) is 5.69 Å². The van der Waals surface area contributed by atoms with Crippen molar-refractivity contribution in [2.24, 2.45) is 0 Å². The first-order valence-corrected chi connectivity index (χ1v) is 4.62. The van der Waals surface area contributed by atoms with Crippen molar-refractivity contribution in [2.75, 3.05) is 0 Å². The number of nitro groups is 1. The molecule has 1 aromatic rings. The molecule has 0 aliphatic heterocycles. The maximum atomic E-state index is 11.0. The minimum absolute atomic E-state index is 0.160. The zero-order valence-electron chi connectivity index (χ0n) is 8.91. The Hall–Kier alpha value is -2.50. The number of hydrogen-bond donors (Lipinski definition) is 1. The molecule has 0 amide bonds. The van der Waals surface area contributed by atoms with Crippen molar-refractivity contribution in [1.29, 1.82) is 0 Å². The fourth-order valence-corrected chi connectivity index (χ4v) is 1.21. The summed E-state index contributed by atoms with van der Waals surface area (Å²) >= 11 is 0. The number of Topliss-reactive ketones (excluding diaryl/α,β-unsaturated/α-hetero) is 1. The molecule has 6 heteroatoms. The molecular weight excluding hydrogens is 226 g/mol. The molecule has 1 N–H and O–H groups in total. The van der Waals surface area contributed by atoms with Crippen LogP contribution in [-0.4, -0.2) is 21.8 Å². The lowest BCUT2D eigenvalue weighted by molar-refractivity contribution is -0.384. The average molecular weight is 235 g/mol. The molecule has 0 radical (unpaired) electrons. The van der Waals surface area contributed by atoms with Gasteiger partial charge in [-0.1, -0.05) is 12.1 Å². The highest BCUT2D eigenvalue weighted by molar-refractivity contribution is 6.19. The predicted octanol–water partition coefficient (Wildman–Crippen LogP) is 1.65. The Morgan fingerprint density at radius 3 is 2.53 bits per heavy atom. The number of carboxylic acids is 1. The summed E-state index contributed by atoms with van der Waals surface area (Å²) in [4.78, 5) is 31.7. The first-order valence-electron chi connectivity index (χ1n) is 4.62. The highest BCUT2D eigenvalue weighted by atomic mass is 16.6. The Morgan fingerprint density at radius 2 is 2.06 bits per heavy atom. The second kappa shape index (κ2) is 5.02. The summed E-state index contributed by atoms with van der Waals surface area (Å²) in [5.74, 6) is -1.96. The third-order valence-electron chi connectivity index (χ3n) is 2.00. The van der Waals surface area contributed by atoms with Crippen molar-refractivity contribution >= 4 is 23.5 Å². The third-order valence-corrected chi connectivity index (χ3v) is 2.00. The number of carboxylic acid groups (broad SMARTS) is 1. The van der Waals surface area contributed by atoms with Gasteiger partial charge in [-0.05, 0) is 18.6 Å². The minimum atomic E-state index is -1.36. The first kappa shape index (κ1) is 12.6. The van der Waals surface area contributed by atoms with Crippen molar-refractivity contribution < 1.29 is 19.6 Å². The van der Waals surface area contributed by atoms with E-state index in [9.17, 15) is 19.7 Å². The summed E-state index contributed by atoms with van der Waals surface area (Å²) in [7, 11) is 0. The van der Waals surface area contributed by atoms with E-state index in [4.69, 9.17) is 5.11 Å². The number of carbonyl (C=O) groups is 2. The number of hydrogen-bond acceptors (Lipinski definition) is 4. The maximum Gasteiger partial charge on any atom is 0.339 e. The molecular formula is C11H9NO5. The Morgan fingerprint density at radius 1 is 1.41 bits per heavy atom. The van der Waals surface area contributed by atoms with E-state index < -0.39 is 22.2 Å². The van der Waals surface area contributed by atoms with Crippen LogP contribution in [0.5, 0.6) is 0 Å². The molecule has 1 aromatic carbocycles. The predicted molar refractivity (Wildman–Crippen MR) is 59.4 cm³/mol. The second-order valence-electron chi connectivity index (χ2n) is 3.27. The van der Waals surface area contributed by atoms with E-state index in [0.717, 1.165) is 13.0 Å². The summed E-state index contributed by atoms with van der Waals surface area (Å²) < 4.78 is 0. The summed E-state index contributed by atoms with van der Waals surface area (Å²) in [5.41, 5.74) is -0.274. The van der Waals surface area contributed by atoms with Crippen LogP contribution in [0.3, 0.4) is 0 Å². The number of carbonyl (C=O) groups excluding carboxylic acids is 1. The van der Waals surface area contributed by atoms with E-state index in [1.54, 1.807) is 0 Å². The normalized spacial score (nSPS) is 11.0. The number of rotatable bonds is 4. The van der Waals surface area contributed by atoms with Crippen LogP contribution < -0.4 is 0 Å². The standard InChI is InChI=1S/C11H9NO5/c1-7(13)10(11(14)15)6-8-3-2-4-9(5-8)12(16)17/h2-6H,1H3,(H,14,15). The summed E-state index contributed by atoms with van der Waals surface area (Å²) in [6.45, 7) is 1.12. The van der Waals surface area contributed by atoms with Gasteiger partial charge in [0.25, 0.3) is 5.69 Å². The molecule has 0 bridgehead atoms. The van der Waals surface area contributed by atoms with Crippen LogP contribution in [-0.2, 0) is 9.59 Å². The van der Waals surface area contributed by atoms with Crippen LogP contribution >= 0.6 is 0 Å². The monoisotopic (exact) mass is 235 g/mol. The molecule has 1 rings (SSSR count). The molecule has 0 atom stereocenters. The topological polar surface area (TPSA) is 97.5 Å². The zero-order valence-corrected chi connectivity index (χ0v) is 8.91. The molecule has 0 saturated heterocycles. The number of non-ortho nitro benzene ring substituents is 1. The molecule has 0 fully saturated rings. The van der Waals surface area contributed by atoms with Gasteiger partial charge in [0.05, 0.1) is 4.92 Å². The van der Waals surface area contributed by atoms with Gasteiger partial charge in [0.2, 0.25) is 0 Å². The van der Waals surface area contributed by atoms with Crippen molar-refractivity contribution in [2.45, 2.75) is 6.92 Å². The van der Waals surface area contributed by atoms with Gasteiger partial charge in [-0.3, -0.25) is 14.9 Å². The molecule has 17 heavy (non-hydrogen) atoms. The van der Waals surface area contributed by atoms with Crippen LogP contribution in [0.15, 0.2) is 29.8 Å². The Bertz CT molecular complexity index is 502. The smallest absolute Gasteiger partial charge is 0.339 e. The lowest BCUT2D eigenvalue weighted by atomic mass is 10.1. The number of ketones is 1. The van der Waals surface area contributed by atoms with Crippen LogP contribution in [0, 0.1) is 10.1 Å². The van der Waals surface area contributed by atoms with E-state index in [0.29, 0.717) is 5.56 Å². The zero-order chi connectivity index (χ0) is 13.0. The van der Waals surface area contributed by atoms with E-state index in [-0.39, 0.29) is 5.69 Å². The first-order chi connectivity index (χ1) is 7.91. The fraction of sp³-hybridized carbons (Fsp3) is 0.0909. The lowest BCUT2D eigenvalue weighted by Gasteiger charge is -1.98. The van der Waals surface area contributed by atoms with Crippen LogP contribution in [0.1, 0.15) is 12.5 Å². The Balaban J connectivity index is 3.20. The third kappa shape index (κ3) is 3.23. The summed E-state index contributed by atoms with van der Waals surface area (Å²) in [6.07, 6.45) is 1.11. The number of nitrogens with zero attached hydrogens (tertiary/aromatic N) is 1. The van der Waals surface area contributed by atoms with Crippen LogP contribution in [0.25, 0.3) is 6.08 Å². The Kier molecular flexibility index (Phi) is 3.71. The number of benzene rings is 1. The van der Waals surface area contributed by atoms with Crippen LogP contribution in [0.2, 0.25) is 0 Å². The highest BCUT2D eigenvalue weighted by Crippen LogP contribution is 2.16. The van der Waals surface area contributed by atoms with Gasteiger partial charge in [-0.25, -0.2) is 4.79 Å². The van der Waals surface area contributed by atoms with Gasteiger partial charge < -0.3 is 5.11 Å². The van der Waals surface area contributed by atoms with Crippen molar-refractivity contribution in [3.05, 3.63) is 45.5 Å². The maximum absolute atomic E-state index is 11.0. The van der Waals surface area contributed by atoms with Gasteiger partial charge in [-0.15, -0.1) is 0 Å². The minimum Gasteiger partial charge on any atom is -0.478 e. The lowest BCUT2D eigenvalue weighted by Crippen LogP contribution is -2.08. The second-order valence-corrected chi connectivity index (χ2v) is 3.27. The molecule has 0 aliphatic rings. The summed E-state index contributed by atoms with van der Waals surface area (Å²) in [5, 5.41) is 19.3. The quantitative estimate of drug-likeness (QED) is 0.281. The van der Waals surface area contributed by atoms with E-state index in [2.05, 4.69) is 0 Å². The number of aliphatic carboxylic acids is 1. The largest absolute Gasteiger partial charge is 0.478 e. The SMILES string of the molecule is CC(=O)C(=Cc1cccc([N+](=O)[O-])c1)C(=O)O. The van der Waals surface area contributed by atoms with Gasteiger partial charge in [-0.2, -0.15) is 0 Å². The Labute approximate surface area is 96.3 Å². The molecule has 6 nitrogen and oxygen atoms in total. The molecule has 0 spiro atoms. The van der Waals surface area contributed by atoms with E-state index in [1.165, 1.54) is 24.3 Å². The van der Waals surface area contributed by atoms with Crippen molar-refractivity contribution in [1.82, 2.24) is 0 Å². The van der Waals surface area contributed by atoms with Crippen molar-refractivity contribution in [3.8, 4) is 0 Å². The van der Waals surface area contributed by atoms with E-state index in [1.807, 2.05) is 0 Å². The molecule has 88 valence electrons.